The lowest BCUT2D eigenvalue weighted by molar-refractivity contribution is 0.621. The molecule has 0 unspecified atom stereocenters. The summed E-state index contributed by atoms with van der Waals surface area (Å²) >= 11 is 8.69. The zero-order valence-corrected chi connectivity index (χ0v) is 11.5. The van der Waals surface area contributed by atoms with Gasteiger partial charge in [-0.15, -0.1) is 0 Å². The van der Waals surface area contributed by atoms with Crippen molar-refractivity contribution in [2.45, 2.75) is 6.54 Å². The average Bonchev–Trinajstić information content (AvgIpc) is 2.35. The molecule has 0 aliphatic heterocycles. The van der Waals surface area contributed by atoms with Crippen molar-refractivity contribution in [2.75, 3.05) is 5.32 Å². The van der Waals surface area contributed by atoms with E-state index in [1.165, 1.54) is 18.2 Å². The van der Waals surface area contributed by atoms with Gasteiger partial charge in [0.25, 0.3) is 0 Å². The van der Waals surface area contributed by atoms with Gasteiger partial charge in [0.2, 0.25) is 0 Å². The number of halogens is 4. The highest BCUT2D eigenvalue weighted by Gasteiger charge is 2.03. The minimum Gasteiger partial charge on any atom is -0.381 e. The van der Waals surface area contributed by atoms with Crippen LogP contribution in [0.3, 0.4) is 0 Å². The fourth-order valence-corrected chi connectivity index (χ4v) is 1.96. The highest BCUT2D eigenvalue weighted by Crippen LogP contribution is 2.21. The van der Waals surface area contributed by atoms with Crippen molar-refractivity contribution in [3.63, 3.8) is 0 Å². The van der Waals surface area contributed by atoms with E-state index in [1.807, 2.05) is 0 Å². The van der Waals surface area contributed by atoms with Crippen molar-refractivity contribution in [1.29, 1.82) is 0 Å². The van der Waals surface area contributed by atoms with Crippen LogP contribution in [0.15, 0.2) is 40.9 Å². The molecule has 94 valence electrons. The monoisotopic (exact) mass is 331 g/mol. The maximum Gasteiger partial charge on any atom is 0.142 e. The second-order valence-electron chi connectivity index (χ2n) is 3.73. The Balaban J connectivity index is 2.06. The van der Waals surface area contributed by atoms with Crippen molar-refractivity contribution in [3.05, 3.63) is 63.1 Å². The Kier molecular flexibility index (Phi) is 4.19. The highest BCUT2D eigenvalue weighted by molar-refractivity contribution is 9.10. The Labute approximate surface area is 117 Å². The maximum atomic E-state index is 13.2. The number of anilines is 1. The normalized spacial score (nSPS) is 10.4. The second-order valence-corrected chi connectivity index (χ2v) is 4.99. The molecule has 0 fully saturated rings. The van der Waals surface area contributed by atoms with Gasteiger partial charge in [0.1, 0.15) is 11.6 Å². The minimum atomic E-state index is -0.448. The van der Waals surface area contributed by atoms with E-state index in [0.29, 0.717) is 11.0 Å². The van der Waals surface area contributed by atoms with E-state index in [9.17, 15) is 8.78 Å². The molecule has 0 saturated carbocycles. The lowest BCUT2D eigenvalue weighted by Gasteiger charge is -2.08. The van der Waals surface area contributed by atoms with E-state index in [-0.39, 0.29) is 10.8 Å². The van der Waals surface area contributed by atoms with Crippen molar-refractivity contribution >= 4 is 33.2 Å². The second kappa shape index (κ2) is 5.67. The van der Waals surface area contributed by atoms with Crippen molar-refractivity contribution < 1.29 is 8.78 Å². The molecule has 0 amide bonds. The van der Waals surface area contributed by atoms with Gasteiger partial charge in [-0.2, -0.15) is 0 Å². The van der Waals surface area contributed by atoms with Crippen LogP contribution in [0.1, 0.15) is 5.56 Å². The van der Waals surface area contributed by atoms with E-state index in [2.05, 4.69) is 21.2 Å². The SMILES string of the molecule is Fc1cc(CNc2ccc(F)c(Br)c2)ccc1Cl. The number of hydrogen-bond donors (Lipinski definition) is 1. The molecule has 5 heteroatoms. The predicted octanol–water partition coefficient (Wildman–Crippen LogP) is 4.99. The smallest absolute Gasteiger partial charge is 0.142 e. The summed E-state index contributed by atoms with van der Waals surface area (Å²) < 4.78 is 26.6. The molecule has 0 heterocycles. The molecular formula is C13H9BrClF2N. The van der Waals surface area contributed by atoms with Gasteiger partial charge in [-0.25, -0.2) is 8.78 Å². The van der Waals surface area contributed by atoms with Gasteiger partial charge >= 0.3 is 0 Å². The van der Waals surface area contributed by atoms with E-state index >= 15 is 0 Å². The van der Waals surface area contributed by atoms with Crippen LogP contribution >= 0.6 is 27.5 Å². The first-order valence-corrected chi connectivity index (χ1v) is 6.36. The van der Waals surface area contributed by atoms with Crippen LogP contribution < -0.4 is 5.32 Å². The number of benzene rings is 2. The summed E-state index contributed by atoms with van der Waals surface area (Å²) in [6.07, 6.45) is 0. The molecule has 18 heavy (non-hydrogen) atoms. The molecule has 0 spiro atoms. The first-order valence-electron chi connectivity index (χ1n) is 5.19. The van der Waals surface area contributed by atoms with Gasteiger partial charge in [0, 0.05) is 12.2 Å². The molecule has 0 saturated heterocycles. The third kappa shape index (κ3) is 3.21. The van der Waals surface area contributed by atoms with Crippen LogP contribution in [-0.4, -0.2) is 0 Å². The third-order valence-corrected chi connectivity index (χ3v) is 3.31. The van der Waals surface area contributed by atoms with E-state index in [1.54, 1.807) is 18.2 Å². The molecule has 0 aromatic heterocycles. The Morgan fingerprint density at radius 1 is 1.06 bits per heavy atom. The molecular weight excluding hydrogens is 324 g/mol. The van der Waals surface area contributed by atoms with Crippen LogP contribution in [0.2, 0.25) is 5.02 Å². The first-order chi connectivity index (χ1) is 8.56. The van der Waals surface area contributed by atoms with Gasteiger partial charge in [-0.3, -0.25) is 0 Å². The highest BCUT2D eigenvalue weighted by atomic mass is 79.9. The molecule has 2 aromatic carbocycles. The van der Waals surface area contributed by atoms with Crippen LogP contribution in [0, 0.1) is 11.6 Å². The summed E-state index contributed by atoms with van der Waals surface area (Å²) in [4.78, 5) is 0. The summed E-state index contributed by atoms with van der Waals surface area (Å²) in [6.45, 7) is 0.437. The molecule has 0 atom stereocenters. The Bertz CT molecular complexity index is 523. The van der Waals surface area contributed by atoms with Crippen LogP contribution in [0.4, 0.5) is 14.5 Å². The average molecular weight is 333 g/mol. The zero-order chi connectivity index (χ0) is 13.1. The summed E-state index contributed by atoms with van der Waals surface area (Å²) in [6, 6.07) is 9.21. The summed E-state index contributed by atoms with van der Waals surface area (Å²) in [5.41, 5.74) is 1.51. The predicted molar refractivity (Wildman–Crippen MR) is 72.8 cm³/mol. The van der Waals surface area contributed by atoms with Gasteiger partial charge in [0.15, 0.2) is 0 Å². The lowest BCUT2D eigenvalue weighted by Crippen LogP contribution is -2.00. The van der Waals surface area contributed by atoms with E-state index in [4.69, 9.17) is 11.6 Å². The quantitative estimate of drug-likeness (QED) is 0.834. The van der Waals surface area contributed by atoms with Crippen molar-refractivity contribution in [2.24, 2.45) is 0 Å². The number of hydrogen-bond acceptors (Lipinski definition) is 1. The van der Waals surface area contributed by atoms with Crippen LogP contribution in [0.5, 0.6) is 0 Å². The zero-order valence-electron chi connectivity index (χ0n) is 9.18. The Morgan fingerprint density at radius 3 is 2.50 bits per heavy atom. The van der Waals surface area contributed by atoms with E-state index < -0.39 is 5.82 Å². The fraction of sp³-hybridized carbons (Fsp3) is 0.0769. The standard InChI is InChI=1S/C13H9BrClF2N/c14-10-6-9(2-4-12(10)16)18-7-8-1-3-11(15)13(17)5-8/h1-6,18H,7H2. The molecule has 0 radical (unpaired) electrons. The van der Waals surface area contributed by atoms with Crippen LogP contribution in [0.25, 0.3) is 0 Å². The molecule has 2 aromatic rings. The number of nitrogens with one attached hydrogen (secondary N) is 1. The van der Waals surface area contributed by atoms with Gasteiger partial charge in [0.05, 0.1) is 9.50 Å². The molecule has 0 bridgehead atoms. The minimum absolute atomic E-state index is 0.100. The summed E-state index contributed by atoms with van der Waals surface area (Å²) in [5, 5.41) is 3.17. The third-order valence-electron chi connectivity index (χ3n) is 2.40. The summed E-state index contributed by atoms with van der Waals surface area (Å²) in [5.74, 6) is -0.769. The molecule has 1 N–H and O–H groups in total. The first kappa shape index (κ1) is 13.3. The van der Waals surface area contributed by atoms with Gasteiger partial charge in [-0.1, -0.05) is 17.7 Å². The van der Waals surface area contributed by atoms with E-state index in [0.717, 1.165) is 11.3 Å². The fourth-order valence-electron chi connectivity index (χ4n) is 1.46. The number of rotatable bonds is 3. The van der Waals surface area contributed by atoms with Crippen molar-refractivity contribution in [1.82, 2.24) is 0 Å². The molecule has 0 aliphatic carbocycles. The van der Waals surface area contributed by atoms with Gasteiger partial charge < -0.3 is 5.32 Å². The van der Waals surface area contributed by atoms with Gasteiger partial charge in [-0.05, 0) is 51.8 Å². The van der Waals surface area contributed by atoms with Crippen LogP contribution in [-0.2, 0) is 6.54 Å². The summed E-state index contributed by atoms with van der Waals surface area (Å²) in [7, 11) is 0. The Morgan fingerprint density at radius 2 is 1.83 bits per heavy atom. The molecule has 1 nitrogen and oxygen atoms in total. The molecule has 2 rings (SSSR count). The lowest BCUT2D eigenvalue weighted by atomic mass is 10.2. The van der Waals surface area contributed by atoms with Crippen molar-refractivity contribution in [3.8, 4) is 0 Å². The molecule has 0 aliphatic rings. The Hall–Kier alpha value is -1.13. The topological polar surface area (TPSA) is 12.0 Å². The maximum absolute atomic E-state index is 13.2. The largest absolute Gasteiger partial charge is 0.381 e.